The maximum Gasteiger partial charge on any atom is 0.258 e. The molecular formula is C21H25NO4. The second-order valence-corrected chi connectivity index (χ2v) is 6.47. The van der Waals surface area contributed by atoms with Gasteiger partial charge >= 0.3 is 0 Å². The van der Waals surface area contributed by atoms with E-state index >= 15 is 0 Å². The third-order valence-electron chi connectivity index (χ3n) is 4.72. The van der Waals surface area contributed by atoms with Gasteiger partial charge in [0.15, 0.2) is 6.61 Å². The minimum atomic E-state index is -0.226. The molecule has 26 heavy (non-hydrogen) atoms. The second kappa shape index (κ2) is 8.13. The van der Waals surface area contributed by atoms with Crippen LogP contribution in [0, 0.1) is 0 Å². The van der Waals surface area contributed by atoms with E-state index in [0.29, 0.717) is 5.75 Å². The van der Waals surface area contributed by atoms with E-state index in [4.69, 9.17) is 14.2 Å². The summed E-state index contributed by atoms with van der Waals surface area (Å²) in [7, 11) is 3.22. The molecule has 0 bridgehead atoms. The largest absolute Gasteiger partial charge is 0.497 e. The highest BCUT2D eigenvalue weighted by Crippen LogP contribution is 2.29. The zero-order valence-corrected chi connectivity index (χ0v) is 15.5. The summed E-state index contributed by atoms with van der Waals surface area (Å²) in [5.74, 6) is 1.99. The zero-order valence-electron chi connectivity index (χ0n) is 15.5. The highest BCUT2D eigenvalue weighted by molar-refractivity contribution is 5.78. The fourth-order valence-electron chi connectivity index (χ4n) is 3.33. The number of ether oxygens (including phenoxy) is 3. The van der Waals surface area contributed by atoms with Gasteiger partial charge in [0.25, 0.3) is 5.91 Å². The number of benzene rings is 2. The highest BCUT2D eigenvalue weighted by Gasteiger charge is 2.16. The smallest absolute Gasteiger partial charge is 0.258 e. The number of carbonyl (C=O) groups is 1. The van der Waals surface area contributed by atoms with Crippen LogP contribution >= 0.6 is 0 Å². The van der Waals surface area contributed by atoms with Crippen LogP contribution in [0.25, 0.3) is 0 Å². The maximum atomic E-state index is 12.3. The lowest BCUT2D eigenvalue weighted by molar-refractivity contribution is -0.123. The zero-order chi connectivity index (χ0) is 18.5. The van der Waals surface area contributed by atoms with E-state index in [9.17, 15) is 4.79 Å². The number of nitrogens with one attached hydrogen (secondary N) is 1. The molecule has 0 heterocycles. The molecule has 2 aromatic carbocycles. The van der Waals surface area contributed by atoms with Gasteiger partial charge < -0.3 is 19.5 Å². The summed E-state index contributed by atoms with van der Waals surface area (Å²) < 4.78 is 16.3. The highest BCUT2D eigenvalue weighted by atomic mass is 16.5. The summed E-state index contributed by atoms with van der Waals surface area (Å²) in [6.07, 6.45) is 3.42. The summed E-state index contributed by atoms with van der Waals surface area (Å²) in [5.41, 5.74) is 3.58. The lowest BCUT2D eigenvalue weighted by Gasteiger charge is -2.18. The normalized spacial score (nSPS) is 13.7. The van der Waals surface area contributed by atoms with Gasteiger partial charge in [-0.3, -0.25) is 4.79 Å². The topological polar surface area (TPSA) is 56.8 Å². The van der Waals surface area contributed by atoms with Gasteiger partial charge in [-0.2, -0.15) is 0 Å². The number of rotatable bonds is 7. The van der Waals surface area contributed by atoms with Crippen molar-refractivity contribution in [2.45, 2.75) is 32.2 Å². The lowest BCUT2D eigenvalue weighted by Crippen LogP contribution is -2.31. The first-order valence-corrected chi connectivity index (χ1v) is 8.86. The number of aryl methyl sites for hydroxylation is 2. The third-order valence-corrected chi connectivity index (χ3v) is 4.72. The van der Waals surface area contributed by atoms with Crippen molar-refractivity contribution in [2.75, 3.05) is 20.8 Å². The number of hydrogen-bond acceptors (Lipinski definition) is 4. The third kappa shape index (κ3) is 4.10. The van der Waals surface area contributed by atoms with Crippen molar-refractivity contribution in [3.63, 3.8) is 0 Å². The van der Waals surface area contributed by atoms with Crippen LogP contribution in [0.5, 0.6) is 17.2 Å². The Bertz CT molecular complexity index is 788. The van der Waals surface area contributed by atoms with Crippen LogP contribution in [0.2, 0.25) is 0 Å². The summed E-state index contributed by atoms with van der Waals surface area (Å²) in [4.78, 5) is 12.3. The van der Waals surface area contributed by atoms with Gasteiger partial charge in [0, 0.05) is 5.56 Å². The van der Waals surface area contributed by atoms with Gasteiger partial charge in [0.05, 0.1) is 20.3 Å². The van der Waals surface area contributed by atoms with E-state index in [2.05, 4.69) is 11.4 Å². The molecule has 1 atom stereocenters. The molecular weight excluding hydrogens is 330 g/mol. The molecule has 138 valence electrons. The van der Waals surface area contributed by atoms with E-state index in [1.54, 1.807) is 14.2 Å². The van der Waals surface area contributed by atoms with Gasteiger partial charge in [0.1, 0.15) is 17.2 Å². The molecule has 2 aromatic rings. The van der Waals surface area contributed by atoms with Crippen molar-refractivity contribution < 1.29 is 19.0 Å². The molecule has 1 amide bonds. The minimum Gasteiger partial charge on any atom is -0.497 e. The molecule has 0 saturated carbocycles. The molecule has 0 radical (unpaired) electrons. The molecule has 0 unspecified atom stereocenters. The quantitative estimate of drug-likeness (QED) is 0.826. The average molecular weight is 355 g/mol. The fraction of sp³-hybridized carbons (Fsp3) is 0.381. The Labute approximate surface area is 154 Å². The van der Waals surface area contributed by atoms with Gasteiger partial charge in [-0.1, -0.05) is 6.07 Å². The van der Waals surface area contributed by atoms with Gasteiger partial charge in [0.2, 0.25) is 0 Å². The van der Waals surface area contributed by atoms with Crippen LogP contribution in [-0.2, 0) is 17.6 Å². The van der Waals surface area contributed by atoms with E-state index in [0.717, 1.165) is 29.9 Å². The van der Waals surface area contributed by atoms with E-state index in [-0.39, 0.29) is 18.6 Å². The molecule has 5 heteroatoms. The number of carbonyl (C=O) groups excluding carboxylic acids is 1. The Morgan fingerprint density at radius 1 is 1.04 bits per heavy atom. The maximum absolute atomic E-state index is 12.3. The Morgan fingerprint density at radius 3 is 2.58 bits per heavy atom. The summed E-state index contributed by atoms with van der Waals surface area (Å²) in [5, 5.41) is 2.95. The average Bonchev–Trinajstić information content (AvgIpc) is 3.13. The Kier molecular flexibility index (Phi) is 5.66. The number of fused-ring (bicyclic) bond motifs is 1. The minimum absolute atomic E-state index is 0.0184. The fourth-order valence-corrected chi connectivity index (χ4v) is 3.33. The van der Waals surface area contributed by atoms with E-state index in [1.165, 1.54) is 17.5 Å². The van der Waals surface area contributed by atoms with Crippen LogP contribution < -0.4 is 19.5 Å². The Hall–Kier alpha value is -2.69. The van der Waals surface area contributed by atoms with Crippen molar-refractivity contribution in [3.05, 3.63) is 53.1 Å². The van der Waals surface area contributed by atoms with Crippen LogP contribution in [0.3, 0.4) is 0 Å². The van der Waals surface area contributed by atoms with Gasteiger partial charge in [-0.25, -0.2) is 0 Å². The first kappa shape index (κ1) is 18.1. The lowest BCUT2D eigenvalue weighted by atomic mass is 10.1. The van der Waals surface area contributed by atoms with Gasteiger partial charge in [-0.05, 0) is 67.6 Å². The SMILES string of the molecule is COc1ccc(OC)c([C@H](C)NC(=O)COc2ccc3c(c2)CCC3)c1. The molecule has 3 rings (SSSR count). The second-order valence-electron chi connectivity index (χ2n) is 6.47. The van der Waals surface area contributed by atoms with Crippen molar-refractivity contribution in [2.24, 2.45) is 0 Å². The molecule has 0 saturated heterocycles. The monoisotopic (exact) mass is 355 g/mol. The predicted octanol–water partition coefficient (Wildman–Crippen LogP) is 3.45. The standard InChI is InChI=1S/C21H25NO4/c1-14(19-12-17(24-2)9-10-20(19)25-3)22-21(23)13-26-18-8-7-15-5-4-6-16(15)11-18/h7-12,14H,4-6,13H2,1-3H3,(H,22,23)/t14-/m0/s1. The first-order chi connectivity index (χ1) is 12.6. The molecule has 0 spiro atoms. The van der Waals surface area contributed by atoms with Crippen molar-refractivity contribution in [1.82, 2.24) is 5.32 Å². The molecule has 1 aliphatic carbocycles. The van der Waals surface area contributed by atoms with Crippen molar-refractivity contribution in [1.29, 1.82) is 0 Å². The van der Waals surface area contributed by atoms with E-state index < -0.39 is 0 Å². The van der Waals surface area contributed by atoms with Crippen LogP contribution in [-0.4, -0.2) is 26.7 Å². The number of hydrogen-bond donors (Lipinski definition) is 1. The van der Waals surface area contributed by atoms with Crippen molar-refractivity contribution >= 4 is 5.91 Å². The molecule has 0 aliphatic heterocycles. The Morgan fingerprint density at radius 2 is 1.81 bits per heavy atom. The van der Waals surface area contributed by atoms with E-state index in [1.807, 2.05) is 37.3 Å². The van der Waals surface area contributed by atoms with Gasteiger partial charge in [-0.15, -0.1) is 0 Å². The Balaban J connectivity index is 1.59. The summed E-state index contributed by atoms with van der Waals surface area (Å²) in [6.45, 7) is 1.89. The molecule has 1 aliphatic rings. The molecule has 0 aromatic heterocycles. The predicted molar refractivity (Wildman–Crippen MR) is 100 cm³/mol. The summed E-state index contributed by atoms with van der Waals surface area (Å²) >= 11 is 0. The number of methoxy groups -OCH3 is 2. The first-order valence-electron chi connectivity index (χ1n) is 8.86. The summed E-state index contributed by atoms with van der Waals surface area (Å²) in [6, 6.07) is 11.4. The molecule has 5 nitrogen and oxygen atoms in total. The van der Waals surface area contributed by atoms with Crippen molar-refractivity contribution in [3.8, 4) is 17.2 Å². The molecule has 0 fully saturated rings. The molecule has 1 N–H and O–H groups in total. The van der Waals surface area contributed by atoms with Crippen LogP contribution in [0.4, 0.5) is 0 Å². The van der Waals surface area contributed by atoms with Crippen LogP contribution in [0.15, 0.2) is 36.4 Å². The van der Waals surface area contributed by atoms with Crippen LogP contribution in [0.1, 0.15) is 36.1 Å². The number of amides is 1.